The van der Waals surface area contributed by atoms with Crippen LogP contribution in [0.15, 0.2) is 12.4 Å². The maximum Gasteiger partial charge on any atom is 0.0534 e. The normalized spacial score (nSPS) is 25.2. The molecular weight excluding hydrogens is 186 g/mol. The predicted octanol–water partition coefficient (Wildman–Crippen LogP) is 2.18. The van der Waals surface area contributed by atoms with Crippen LogP contribution < -0.4 is 5.32 Å². The molecule has 1 aliphatic carbocycles. The number of hydrogen-bond acceptors (Lipinski definition) is 2. The highest BCUT2D eigenvalue weighted by Gasteiger charge is 2.24. The first-order chi connectivity index (χ1) is 7.28. The molecular formula is C12H21N3. The molecule has 0 spiro atoms. The Labute approximate surface area is 91.9 Å². The molecule has 1 N–H and O–H groups in total. The fourth-order valence-corrected chi connectivity index (χ4v) is 2.18. The summed E-state index contributed by atoms with van der Waals surface area (Å²) in [5.74, 6) is 0.922. The molecule has 0 aliphatic heterocycles. The third kappa shape index (κ3) is 2.81. The summed E-state index contributed by atoms with van der Waals surface area (Å²) in [4.78, 5) is 0. The van der Waals surface area contributed by atoms with Crippen molar-refractivity contribution in [1.82, 2.24) is 15.1 Å². The number of nitrogens with one attached hydrogen (secondary N) is 1. The Morgan fingerprint density at radius 1 is 1.53 bits per heavy atom. The summed E-state index contributed by atoms with van der Waals surface area (Å²) in [6, 6.07) is 0.745. The van der Waals surface area contributed by atoms with E-state index in [-0.39, 0.29) is 0 Å². The van der Waals surface area contributed by atoms with Gasteiger partial charge in [-0.05, 0) is 25.2 Å². The molecule has 15 heavy (non-hydrogen) atoms. The SMILES string of the molecule is CCCn1cc(CNC2CC(C)C2)cn1. The van der Waals surface area contributed by atoms with E-state index in [9.17, 15) is 0 Å². The second kappa shape index (κ2) is 4.79. The van der Waals surface area contributed by atoms with Gasteiger partial charge in [-0.25, -0.2) is 0 Å². The van der Waals surface area contributed by atoms with Gasteiger partial charge in [0.2, 0.25) is 0 Å². The predicted molar refractivity (Wildman–Crippen MR) is 61.5 cm³/mol. The standard InChI is InChI=1S/C12H21N3/c1-3-4-15-9-11(8-14-15)7-13-12-5-10(2)6-12/h8-10,12-13H,3-7H2,1-2H3. The van der Waals surface area contributed by atoms with E-state index in [0.717, 1.165) is 31.5 Å². The van der Waals surface area contributed by atoms with Crippen LogP contribution in [-0.2, 0) is 13.1 Å². The monoisotopic (exact) mass is 207 g/mol. The minimum Gasteiger partial charge on any atom is -0.310 e. The van der Waals surface area contributed by atoms with Crippen LogP contribution in [0.1, 0.15) is 38.7 Å². The Hall–Kier alpha value is -0.830. The van der Waals surface area contributed by atoms with Gasteiger partial charge in [0, 0.05) is 30.9 Å². The summed E-state index contributed by atoms with van der Waals surface area (Å²) in [6.07, 6.45) is 7.95. The average molecular weight is 207 g/mol. The Morgan fingerprint density at radius 2 is 2.33 bits per heavy atom. The first-order valence-electron chi connectivity index (χ1n) is 6.02. The van der Waals surface area contributed by atoms with Crippen LogP contribution in [0.3, 0.4) is 0 Å². The molecule has 0 unspecified atom stereocenters. The zero-order valence-corrected chi connectivity index (χ0v) is 9.74. The van der Waals surface area contributed by atoms with Gasteiger partial charge in [0.05, 0.1) is 6.20 Å². The van der Waals surface area contributed by atoms with Gasteiger partial charge in [0.1, 0.15) is 0 Å². The molecule has 1 saturated carbocycles. The highest BCUT2D eigenvalue weighted by Crippen LogP contribution is 2.26. The maximum atomic E-state index is 4.32. The number of rotatable bonds is 5. The van der Waals surface area contributed by atoms with Gasteiger partial charge in [0.15, 0.2) is 0 Å². The van der Waals surface area contributed by atoms with E-state index in [1.165, 1.54) is 18.4 Å². The Morgan fingerprint density at radius 3 is 3.00 bits per heavy atom. The summed E-state index contributed by atoms with van der Waals surface area (Å²) in [5.41, 5.74) is 1.31. The zero-order chi connectivity index (χ0) is 10.7. The summed E-state index contributed by atoms with van der Waals surface area (Å²) in [7, 11) is 0. The Kier molecular flexibility index (Phi) is 3.41. The second-order valence-electron chi connectivity index (χ2n) is 4.77. The van der Waals surface area contributed by atoms with Crippen molar-refractivity contribution in [3.05, 3.63) is 18.0 Å². The van der Waals surface area contributed by atoms with E-state index >= 15 is 0 Å². The Bertz CT molecular complexity index is 300. The van der Waals surface area contributed by atoms with Crippen LogP contribution in [0.5, 0.6) is 0 Å². The molecule has 0 saturated heterocycles. The lowest BCUT2D eigenvalue weighted by Gasteiger charge is -2.33. The zero-order valence-electron chi connectivity index (χ0n) is 9.74. The van der Waals surface area contributed by atoms with Gasteiger partial charge < -0.3 is 5.32 Å². The van der Waals surface area contributed by atoms with Gasteiger partial charge in [-0.3, -0.25) is 4.68 Å². The van der Waals surface area contributed by atoms with E-state index in [0.29, 0.717) is 0 Å². The minimum absolute atomic E-state index is 0.745. The van der Waals surface area contributed by atoms with Gasteiger partial charge in [0.25, 0.3) is 0 Å². The number of aromatic nitrogens is 2. The van der Waals surface area contributed by atoms with Crippen molar-refractivity contribution < 1.29 is 0 Å². The van der Waals surface area contributed by atoms with Crippen LogP contribution in [-0.4, -0.2) is 15.8 Å². The second-order valence-corrected chi connectivity index (χ2v) is 4.77. The molecule has 0 bridgehead atoms. The van der Waals surface area contributed by atoms with Crippen LogP contribution in [0, 0.1) is 5.92 Å². The number of nitrogens with zero attached hydrogens (tertiary/aromatic N) is 2. The number of aryl methyl sites for hydroxylation is 1. The first-order valence-corrected chi connectivity index (χ1v) is 6.02. The van der Waals surface area contributed by atoms with Crippen LogP contribution >= 0.6 is 0 Å². The van der Waals surface area contributed by atoms with Crippen molar-refractivity contribution in [2.75, 3.05) is 0 Å². The van der Waals surface area contributed by atoms with Gasteiger partial charge >= 0.3 is 0 Å². The smallest absolute Gasteiger partial charge is 0.0534 e. The van der Waals surface area contributed by atoms with Crippen molar-refractivity contribution in [2.24, 2.45) is 5.92 Å². The van der Waals surface area contributed by atoms with Crippen molar-refractivity contribution in [3.8, 4) is 0 Å². The van der Waals surface area contributed by atoms with E-state index in [2.05, 4.69) is 30.5 Å². The summed E-state index contributed by atoms with van der Waals surface area (Å²) in [5, 5.41) is 7.89. The van der Waals surface area contributed by atoms with E-state index < -0.39 is 0 Å². The lowest BCUT2D eigenvalue weighted by molar-refractivity contribution is 0.240. The Balaban J connectivity index is 1.73. The lowest BCUT2D eigenvalue weighted by atomic mass is 9.82. The molecule has 0 atom stereocenters. The topological polar surface area (TPSA) is 29.9 Å². The third-order valence-corrected chi connectivity index (χ3v) is 3.11. The van der Waals surface area contributed by atoms with Crippen molar-refractivity contribution in [3.63, 3.8) is 0 Å². The van der Waals surface area contributed by atoms with E-state index in [1.54, 1.807) is 0 Å². The molecule has 3 heteroatoms. The minimum atomic E-state index is 0.745. The molecule has 84 valence electrons. The van der Waals surface area contributed by atoms with Gasteiger partial charge in [-0.1, -0.05) is 13.8 Å². The maximum absolute atomic E-state index is 4.32. The fraction of sp³-hybridized carbons (Fsp3) is 0.750. The van der Waals surface area contributed by atoms with E-state index in [4.69, 9.17) is 0 Å². The average Bonchev–Trinajstić information content (AvgIpc) is 2.59. The van der Waals surface area contributed by atoms with Gasteiger partial charge in [-0.15, -0.1) is 0 Å². The fourth-order valence-electron chi connectivity index (χ4n) is 2.18. The van der Waals surface area contributed by atoms with Crippen LogP contribution in [0.4, 0.5) is 0 Å². The third-order valence-electron chi connectivity index (χ3n) is 3.11. The van der Waals surface area contributed by atoms with E-state index in [1.807, 2.05) is 10.9 Å². The summed E-state index contributed by atoms with van der Waals surface area (Å²) >= 11 is 0. The molecule has 3 nitrogen and oxygen atoms in total. The number of hydrogen-bond donors (Lipinski definition) is 1. The molecule has 1 heterocycles. The van der Waals surface area contributed by atoms with Gasteiger partial charge in [-0.2, -0.15) is 5.10 Å². The molecule has 0 aromatic carbocycles. The van der Waals surface area contributed by atoms with Crippen molar-refractivity contribution >= 4 is 0 Å². The van der Waals surface area contributed by atoms with Crippen molar-refractivity contribution in [1.29, 1.82) is 0 Å². The first kappa shape index (κ1) is 10.7. The quantitative estimate of drug-likeness (QED) is 0.802. The van der Waals surface area contributed by atoms with Crippen molar-refractivity contribution in [2.45, 2.75) is 52.2 Å². The highest BCUT2D eigenvalue weighted by atomic mass is 15.3. The summed E-state index contributed by atoms with van der Waals surface area (Å²) in [6.45, 7) is 6.49. The molecule has 1 aliphatic rings. The molecule has 1 aromatic rings. The lowest BCUT2D eigenvalue weighted by Crippen LogP contribution is -2.39. The molecule has 1 aromatic heterocycles. The van der Waals surface area contributed by atoms with Crippen LogP contribution in [0.2, 0.25) is 0 Å². The summed E-state index contributed by atoms with van der Waals surface area (Å²) < 4.78 is 2.03. The molecule has 1 fully saturated rings. The largest absolute Gasteiger partial charge is 0.310 e. The van der Waals surface area contributed by atoms with Crippen LogP contribution in [0.25, 0.3) is 0 Å². The molecule has 0 radical (unpaired) electrons. The molecule has 0 amide bonds. The molecule has 2 rings (SSSR count). The highest BCUT2D eigenvalue weighted by molar-refractivity contribution is 5.04.